The third-order valence-electron chi connectivity index (χ3n) is 3.81. The van der Waals surface area contributed by atoms with E-state index in [0.29, 0.717) is 0 Å². The van der Waals surface area contributed by atoms with Crippen molar-refractivity contribution in [3.63, 3.8) is 0 Å². The molecule has 22 heavy (non-hydrogen) atoms. The summed E-state index contributed by atoms with van der Waals surface area (Å²) in [5, 5.41) is 3.38. The van der Waals surface area contributed by atoms with Gasteiger partial charge in [-0.25, -0.2) is 4.79 Å². The lowest BCUT2D eigenvalue weighted by atomic mass is 10.2. The van der Waals surface area contributed by atoms with Gasteiger partial charge in [-0.15, -0.1) is 0 Å². The molecule has 128 valence electrons. The van der Waals surface area contributed by atoms with Crippen LogP contribution in [-0.2, 0) is 4.74 Å². The molecule has 0 aromatic carbocycles. The van der Waals surface area contributed by atoms with Gasteiger partial charge < -0.3 is 19.9 Å². The van der Waals surface area contributed by atoms with Crippen molar-refractivity contribution >= 4 is 12.1 Å². The van der Waals surface area contributed by atoms with E-state index in [0.717, 1.165) is 32.0 Å². The molecule has 1 saturated heterocycles. The Morgan fingerprint density at radius 1 is 1.36 bits per heavy atom. The van der Waals surface area contributed by atoms with Crippen molar-refractivity contribution in [2.45, 2.75) is 58.6 Å². The van der Waals surface area contributed by atoms with E-state index in [2.05, 4.69) is 15.2 Å². The van der Waals surface area contributed by atoms with Gasteiger partial charge in [0.05, 0.1) is 0 Å². The average Bonchev–Trinajstić information content (AvgIpc) is 2.94. The largest absolute Gasteiger partial charge is 0.444 e. The smallest absolute Gasteiger partial charge is 0.410 e. The molecule has 1 fully saturated rings. The highest BCUT2D eigenvalue weighted by atomic mass is 16.6. The first-order chi connectivity index (χ1) is 10.2. The molecule has 1 heterocycles. The predicted octanol–water partition coefficient (Wildman–Crippen LogP) is 2.30. The quantitative estimate of drug-likeness (QED) is 0.639. The molecule has 1 unspecified atom stereocenters. The minimum absolute atomic E-state index is 0.110. The van der Waals surface area contributed by atoms with Crippen LogP contribution in [-0.4, -0.2) is 67.2 Å². The molecule has 6 heteroatoms. The highest BCUT2D eigenvalue weighted by molar-refractivity contribution is 5.80. The van der Waals surface area contributed by atoms with Gasteiger partial charge in [0.1, 0.15) is 5.60 Å². The fraction of sp³-hybridized carbons (Fsp3) is 0.875. The Morgan fingerprint density at radius 2 is 1.95 bits per heavy atom. The van der Waals surface area contributed by atoms with Crippen molar-refractivity contribution < 1.29 is 9.53 Å². The summed E-state index contributed by atoms with van der Waals surface area (Å²) in [6, 6.07) is 0.110. The van der Waals surface area contributed by atoms with Crippen LogP contribution in [0.4, 0.5) is 4.79 Å². The maximum absolute atomic E-state index is 12.0. The number of carbonyl (C=O) groups is 1. The molecule has 0 bridgehead atoms. The van der Waals surface area contributed by atoms with Crippen molar-refractivity contribution in [3.8, 4) is 0 Å². The zero-order chi connectivity index (χ0) is 16.8. The number of aliphatic imine (C=N–C) groups is 1. The Morgan fingerprint density at radius 3 is 2.45 bits per heavy atom. The molecular weight excluding hydrogens is 280 g/mol. The van der Waals surface area contributed by atoms with Gasteiger partial charge in [-0.3, -0.25) is 4.99 Å². The third kappa shape index (κ3) is 6.12. The lowest BCUT2D eigenvalue weighted by Gasteiger charge is -2.29. The van der Waals surface area contributed by atoms with E-state index in [9.17, 15) is 4.79 Å². The highest BCUT2D eigenvalue weighted by Gasteiger charge is 2.23. The van der Waals surface area contributed by atoms with Gasteiger partial charge >= 0.3 is 6.09 Å². The number of nitrogens with one attached hydrogen (secondary N) is 1. The van der Waals surface area contributed by atoms with E-state index >= 15 is 0 Å². The van der Waals surface area contributed by atoms with E-state index < -0.39 is 5.60 Å². The number of carbonyl (C=O) groups excluding carboxylic acids is 1. The second kappa shape index (κ2) is 8.25. The summed E-state index contributed by atoms with van der Waals surface area (Å²) >= 11 is 0. The van der Waals surface area contributed by atoms with Crippen LogP contribution in [0, 0.1) is 0 Å². The lowest BCUT2D eigenvalue weighted by molar-refractivity contribution is 0.0230. The molecule has 1 atom stereocenters. The highest BCUT2D eigenvalue weighted by Crippen LogP contribution is 2.12. The second-order valence-electron chi connectivity index (χ2n) is 6.90. The van der Waals surface area contributed by atoms with E-state index in [1.165, 1.54) is 12.8 Å². The Bertz CT molecular complexity index is 384. The van der Waals surface area contributed by atoms with Gasteiger partial charge in [0.25, 0.3) is 0 Å². The van der Waals surface area contributed by atoms with Crippen LogP contribution >= 0.6 is 0 Å². The molecule has 0 saturated carbocycles. The Labute approximate surface area is 134 Å². The maximum Gasteiger partial charge on any atom is 0.410 e. The van der Waals surface area contributed by atoms with Gasteiger partial charge in [-0.2, -0.15) is 0 Å². The van der Waals surface area contributed by atoms with Crippen LogP contribution in [0.25, 0.3) is 0 Å². The minimum Gasteiger partial charge on any atom is -0.444 e. The Balaban J connectivity index is 2.35. The number of hydrogen-bond donors (Lipinski definition) is 1. The SMILES string of the molecule is CN=C(NCCC(C)N(C)C(=O)OC(C)(C)C)N1CCCC1. The van der Waals surface area contributed by atoms with Crippen molar-refractivity contribution in [2.24, 2.45) is 4.99 Å². The molecule has 1 rings (SSSR count). The maximum atomic E-state index is 12.0. The standard InChI is InChI=1S/C16H32N4O2/c1-13(19(6)15(21)22-16(2,3)4)9-10-18-14(17-5)20-11-7-8-12-20/h13H,7-12H2,1-6H3,(H,17,18). The normalized spacial score (nSPS) is 17.4. The van der Waals surface area contributed by atoms with Crippen molar-refractivity contribution in [1.82, 2.24) is 15.1 Å². The number of amides is 1. The summed E-state index contributed by atoms with van der Waals surface area (Å²) in [7, 11) is 3.60. The summed E-state index contributed by atoms with van der Waals surface area (Å²) in [6.07, 6.45) is 3.04. The van der Waals surface area contributed by atoms with Gasteiger partial charge in [-0.1, -0.05) is 0 Å². The van der Waals surface area contributed by atoms with Crippen molar-refractivity contribution in [2.75, 3.05) is 33.7 Å². The first-order valence-corrected chi connectivity index (χ1v) is 8.16. The lowest BCUT2D eigenvalue weighted by Crippen LogP contribution is -2.43. The molecule has 1 aliphatic heterocycles. The zero-order valence-corrected chi connectivity index (χ0v) is 15.0. The molecule has 0 aromatic heterocycles. The fourth-order valence-electron chi connectivity index (χ4n) is 2.36. The van der Waals surface area contributed by atoms with E-state index in [1.54, 1.807) is 11.9 Å². The molecule has 1 N–H and O–H groups in total. The topological polar surface area (TPSA) is 57.2 Å². The second-order valence-corrected chi connectivity index (χ2v) is 6.90. The van der Waals surface area contributed by atoms with Crippen LogP contribution < -0.4 is 5.32 Å². The van der Waals surface area contributed by atoms with Crippen LogP contribution in [0.3, 0.4) is 0 Å². The summed E-state index contributed by atoms with van der Waals surface area (Å²) in [4.78, 5) is 20.3. The molecule has 0 aliphatic carbocycles. The molecule has 0 aromatic rings. The van der Waals surface area contributed by atoms with Crippen molar-refractivity contribution in [3.05, 3.63) is 0 Å². The summed E-state index contributed by atoms with van der Waals surface area (Å²) in [5.74, 6) is 0.963. The number of rotatable bonds is 4. The van der Waals surface area contributed by atoms with Crippen molar-refractivity contribution in [1.29, 1.82) is 0 Å². The van der Waals surface area contributed by atoms with Gasteiger partial charge in [0, 0.05) is 39.8 Å². The minimum atomic E-state index is -0.457. The molecule has 1 aliphatic rings. The first kappa shape index (κ1) is 18.6. The molecule has 0 radical (unpaired) electrons. The number of guanidine groups is 1. The monoisotopic (exact) mass is 312 g/mol. The van der Waals surface area contributed by atoms with Gasteiger partial charge in [0.15, 0.2) is 5.96 Å². The molecular formula is C16H32N4O2. The Hall–Kier alpha value is -1.46. The third-order valence-corrected chi connectivity index (χ3v) is 3.81. The summed E-state index contributed by atoms with van der Waals surface area (Å²) < 4.78 is 5.39. The fourth-order valence-corrected chi connectivity index (χ4v) is 2.36. The van der Waals surface area contributed by atoms with Crippen LogP contribution in [0.2, 0.25) is 0 Å². The van der Waals surface area contributed by atoms with Crippen LogP contribution in [0.5, 0.6) is 0 Å². The van der Waals surface area contributed by atoms with Crippen LogP contribution in [0.15, 0.2) is 4.99 Å². The molecule has 1 amide bonds. The number of likely N-dealkylation sites (tertiary alicyclic amines) is 1. The van der Waals surface area contributed by atoms with E-state index in [4.69, 9.17) is 4.74 Å². The number of hydrogen-bond acceptors (Lipinski definition) is 3. The summed E-state index contributed by atoms with van der Waals surface area (Å²) in [6.45, 7) is 10.6. The first-order valence-electron chi connectivity index (χ1n) is 8.16. The van der Waals surface area contributed by atoms with E-state index in [1.807, 2.05) is 34.7 Å². The average molecular weight is 312 g/mol. The molecule has 6 nitrogen and oxygen atoms in total. The van der Waals surface area contributed by atoms with E-state index in [-0.39, 0.29) is 12.1 Å². The summed E-state index contributed by atoms with van der Waals surface area (Å²) in [5.41, 5.74) is -0.457. The number of nitrogens with zero attached hydrogens (tertiary/aromatic N) is 3. The Kier molecular flexibility index (Phi) is 6.97. The van der Waals surface area contributed by atoms with Gasteiger partial charge in [0.2, 0.25) is 0 Å². The number of ether oxygens (including phenoxy) is 1. The molecule has 0 spiro atoms. The predicted molar refractivity (Wildman–Crippen MR) is 90.2 cm³/mol. The van der Waals surface area contributed by atoms with Gasteiger partial charge in [-0.05, 0) is 47.0 Å². The zero-order valence-electron chi connectivity index (χ0n) is 15.0. The van der Waals surface area contributed by atoms with Crippen LogP contribution in [0.1, 0.15) is 47.0 Å².